The van der Waals surface area contributed by atoms with Crippen molar-refractivity contribution in [2.45, 2.75) is 22.1 Å². The molecule has 0 saturated carbocycles. The van der Waals surface area contributed by atoms with E-state index in [9.17, 15) is 0 Å². The molecule has 1 unspecified atom stereocenters. The van der Waals surface area contributed by atoms with Crippen molar-refractivity contribution in [3.63, 3.8) is 0 Å². The van der Waals surface area contributed by atoms with Crippen LogP contribution in [0.15, 0.2) is 235 Å². The Morgan fingerprint density at radius 1 is 0.500 bits per heavy atom. The van der Waals surface area contributed by atoms with Crippen LogP contribution in [-0.2, 0) is 5.41 Å². The Morgan fingerprint density at radius 2 is 1.16 bits per heavy atom. The average Bonchev–Trinajstić information content (AvgIpc) is 3.93. The Bertz CT molecular complexity index is 4120. The van der Waals surface area contributed by atoms with Gasteiger partial charge in [0.15, 0.2) is 0 Å². The van der Waals surface area contributed by atoms with Crippen LogP contribution in [0.5, 0.6) is 0 Å². The van der Waals surface area contributed by atoms with Crippen LogP contribution < -0.4 is 4.90 Å². The van der Waals surface area contributed by atoms with Crippen molar-refractivity contribution in [3.05, 3.63) is 253 Å². The topological polar surface area (TPSA) is 8.17 Å². The Labute approximate surface area is 403 Å². The third-order valence-corrected chi connectivity index (χ3v) is 16.8. The first-order valence-corrected chi connectivity index (χ1v) is 24.9. The first-order chi connectivity index (χ1) is 33.6. The molecule has 10 aromatic carbocycles. The molecule has 3 heterocycles. The van der Waals surface area contributed by atoms with Gasteiger partial charge in [0.25, 0.3) is 0 Å². The van der Waals surface area contributed by atoms with E-state index in [0.717, 1.165) is 33.8 Å². The van der Waals surface area contributed by atoms with E-state index < -0.39 is 5.41 Å². The number of benzene rings is 10. The number of para-hydroxylation sites is 1. The van der Waals surface area contributed by atoms with E-state index in [1.54, 1.807) is 0 Å². The maximum Gasteiger partial charge on any atom is 0.0730 e. The Morgan fingerprint density at radius 3 is 2.07 bits per heavy atom. The van der Waals surface area contributed by atoms with Crippen LogP contribution in [0.4, 0.5) is 17.1 Å². The quantitative estimate of drug-likeness (QED) is 0.170. The SMILES string of the molecule is C=C1c2c(/C=C\C)cccc2-c2ccccc2C12c1ccccc1Sc1ccc(N(c3ccc4c5ccccc5n(-c5ccc6c(c5)sc5ccccc56)c4c3)c3cccc4ccccc34)cc12. The Balaban J connectivity index is 1.04. The third-order valence-electron chi connectivity index (χ3n) is 14.5. The van der Waals surface area contributed by atoms with Crippen LogP contribution in [0.3, 0.4) is 0 Å². The second kappa shape index (κ2) is 15.1. The predicted octanol–water partition coefficient (Wildman–Crippen LogP) is 18.3. The highest BCUT2D eigenvalue weighted by Gasteiger charge is 2.50. The molecule has 320 valence electrons. The maximum absolute atomic E-state index is 5.17. The fourth-order valence-corrected chi connectivity index (χ4v) is 14.0. The molecular weight excluding hydrogens is 861 g/mol. The standard InChI is InChI=1S/C64H42N2S2/c1-3-16-42-19-14-24-52-47-21-6-9-25-53(47)64(40(2)63(42)52)54-26-10-13-30-60(54)68-61-36-33-43(37-55(61)64)65(56-28-15-18-41-17-4-5-20-46(41)56)44-31-34-49-48-22-7-11-27-57(48)66(58(49)38-44)45-32-35-51-50-23-8-12-29-59(50)67-62(51)39-45/h3-39H,2H2,1H3/b16-3-. The number of rotatable bonds is 5. The molecule has 1 atom stereocenters. The van der Waals surface area contributed by atoms with Crippen LogP contribution in [0.2, 0.25) is 0 Å². The fourth-order valence-electron chi connectivity index (χ4n) is 11.7. The highest BCUT2D eigenvalue weighted by molar-refractivity contribution is 7.99. The van der Waals surface area contributed by atoms with Crippen molar-refractivity contribution < 1.29 is 0 Å². The summed E-state index contributed by atoms with van der Waals surface area (Å²) in [6.07, 6.45) is 4.39. The molecule has 0 radical (unpaired) electrons. The summed E-state index contributed by atoms with van der Waals surface area (Å²) in [5.74, 6) is 0. The zero-order chi connectivity index (χ0) is 45.1. The summed E-state index contributed by atoms with van der Waals surface area (Å²) in [4.78, 5) is 4.99. The summed E-state index contributed by atoms with van der Waals surface area (Å²) in [7, 11) is 0. The van der Waals surface area contributed by atoms with Crippen LogP contribution in [-0.4, -0.2) is 4.57 Å². The largest absolute Gasteiger partial charge is 0.310 e. The summed E-state index contributed by atoms with van der Waals surface area (Å²) >= 11 is 3.73. The zero-order valence-corrected chi connectivity index (χ0v) is 38.9. The van der Waals surface area contributed by atoms with Crippen LogP contribution in [0.25, 0.3) is 81.2 Å². The smallest absolute Gasteiger partial charge is 0.0730 e. The summed E-state index contributed by atoms with van der Waals surface area (Å²) < 4.78 is 5.07. The highest BCUT2D eigenvalue weighted by Crippen LogP contribution is 2.63. The molecule has 0 fully saturated rings. The lowest BCUT2D eigenvalue weighted by molar-refractivity contribution is 0.748. The molecule has 0 amide bonds. The highest BCUT2D eigenvalue weighted by atomic mass is 32.2. The van der Waals surface area contributed by atoms with Gasteiger partial charge in [0.05, 0.1) is 22.1 Å². The van der Waals surface area contributed by atoms with Gasteiger partial charge in [-0.25, -0.2) is 0 Å². The lowest BCUT2D eigenvalue weighted by atomic mass is 9.58. The molecule has 68 heavy (non-hydrogen) atoms. The molecule has 0 saturated heterocycles. The average molecular weight is 903 g/mol. The van der Waals surface area contributed by atoms with Gasteiger partial charge < -0.3 is 9.47 Å². The molecule has 2 aromatic heterocycles. The van der Waals surface area contributed by atoms with Gasteiger partial charge in [-0.2, -0.15) is 0 Å². The van der Waals surface area contributed by atoms with E-state index in [1.165, 1.54) is 96.0 Å². The fraction of sp³-hybridized carbons (Fsp3) is 0.0312. The van der Waals surface area contributed by atoms with Gasteiger partial charge in [-0.05, 0) is 124 Å². The van der Waals surface area contributed by atoms with Crippen LogP contribution in [0.1, 0.15) is 34.7 Å². The molecule has 0 N–H and O–H groups in total. The molecule has 0 bridgehead atoms. The van der Waals surface area contributed by atoms with E-state index in [4.69, 9.17) is 6.58 Å². The molecule has 2 aliphatic rings. The van der Waals surface area contributed by atoms with E-state index in [-0.39, 0.29) is 0 Å². The lowest BCUT2D eigenvalue weighted by Crippen LogP contribution is -2.37. The third kappa shape index (κ3) is 5.53. The van der Waals surface area contributed by atoms with Crippen molar-refractivity contribution in [1.82, 2.24) is 4.57 Å². The molecule has 1 spiro atoms. The number of hydrogen-bond acceptors (Lipinski definition) is 3. The minimum atomic E-state index is -0.666. The van der Waals surface area contributed by atoms with Gasteiger partial charge in [0, 0.05) is 63.2 Å². The molecule has 1 aliphatic heterocycles. The van der Waals surface area contributed by atoms with Gasteiger partial charge in [-0.1, -0.05) is 176 Å². The van der Waals surface area contributed by atoms with Gasteiger partial charge >= 0.3 is 0 Å². The van der Waals surface area contributed by atoms with Gasteiger partial charge in [-0.3, -0.25) is 0 Å². The lowest BCUT2D eigenvalue weighted by Gasteiger charge is -2.47. The minimum Gasteiger partial charge on any atom is -0.310 e. The number of fused-ring (bicyclic) bond motifs is 15. The summed E-state index contributed by atoms with van der Waals surface area (Å²) in [5.41, 5.74) is 15.9. The van der Waals surface area contributed by atoms with E-state index >= 15 is 0 Å². The van der Waals surface area contributed by atoms with Crippen molar-refractivity contribution in [1.29, 1.82) is 0 Å². The van der Waals surface area contributed by atoms with Crippen molar-refractivity contribution in [2.24, 2.45) is 0 Å². The van der Waals surface area contributed by atoms with Gasteiger partial charge in [0.1, 0.15) is 0 Å². The minimum absolute atomic E-state index is 0.666. The number of anilines is 3. The number of hydrogen-bond donors (Lipinski definition) is 0. The number of allylic oxidation sites excluding steroid dienone is 2. The van der Waals surface area contributed by atoms with E-state index in [1.807, 2.05) is 23.1 Å². The van der Waals surface area contributed by atoms with Crippen molar-refractivity contribution >= 4 is 105 Å². The van der Waals surface area contributed by atoms with Crippen LogP contribution in [0, 0.1) is 0 Å². The van der Waals surface area contributed by atoms with Gasteiger partial charge in [-0.15, -0.1) is 11.3 Å². The molecule has 4 heteroatoms. The van der Waals surface area contributed by atoms with E-state index in [0.29, 0.717) is 0 Å². The number of nitrogens with zero attached hydrogens (tertiary/aromatic N) is 2. The second-order valence-corrected chi connectivity index (χ2v) is 20.2. The second-order valence-electron chi connectivity index (χ2n) is 18.0. The first kappa shape index (κ1) is 39.3. The summed E-state index contributed by atoms with van der Waals surface area (Å²) in [6, 6.07) is 79.1. The zero-order valence-electron chi connectivity index (χ0n) is 37.3. The first-order valence-electron chi connectivity index (χ1n) is 23.3. The normalized spacial score (nSPS) is 15.1. The van der Waals surface area contributed by atoms with E-state index in [2.05, 4.69) is 241 Å². The molecular formula is C64H42N2S2. The molecule has 12 aromatic rings. The number of thiophene rings is 1. The predicted molar refractivity (Wildman–Crippen MR) is 292 cm³/mol. The number of aromatic nitrogens is 1. The van der Waals surface area contributed by atoms with Gasteiger partial charge in [0.2, 0.25) is 0 Å². The van der Waals surface area contributed by atoms with Crippen molar-refractivity contribution in [3.8, 4) is 16.8 Å². The maximum atomic E-state index is 5.17. The summed E-state index contributed by atoms with van der Waals surface area (Å²) in [5, 5.41) is 7.46. The molecule has 2 nitrogen and oxygen atoms in total. The Hall–Kier alpha value is -7.89. The monoisotopic (exact) mass is 902 g/mol. The summed E-state index contributed by atoms with van der Waals surface area (Å²) in [6.45, 7) is 7.27. The van der Waals surface area contributed by atoms with Crippen LogP contribution >= 0.6 is 23.1 Å². The van der Waals surface area contributed by atoms with Crippen molar-refractivity contribution in [2.75, 3.05) is 4.90 Å². The molecule has 1 aliphatic carbocycles. The molecule has 14 rings (SSSR count). The Kier molecular flexibility index (Phi) is 8.70.